The molecule has 0 aromatic heterocycles. The third kappa shape index (κ3) is 3.90. The molecule has 0 aromatic rings. The highest BCUT2D eigenvalue weighted by molar-refractivity contribution is 5.85. The molecule has 0 aromatic carbocycles. The molecular weight excluding hydrogens is 220 g/mol. The van der Waals surface area contributed by atoms with Gasteiger partial charge in [0.2, 0.25) is 0 Å². The van der Waals surface area contributed by atoms with E-state index < -0.39 is 0 Å². The van der Waals surface area contributed by atoms with Crippen LogP contribution in [-0.4, -0.2) is 37.6 Å². The van der Waals surface area contributed by atoms with E-state index in [2.05, 4.69) is 24.1 Å². The first-order valence-electron chi connectivity index (χ1n) is 6.61. The number of rotatable bonds is 2. The standard InChI is InChI=1S/C13H26N2.ClH/c1-12-4-3-8-15(9-5-12)11-13(2)6-7-14-10-13;/h12,14H,3-11H2,1-2H3;1H. The number of hydrogen-bond acceptors (Lipinski definition) is 2. The zero-order valence-electron chi connectivity index (χ0n) is 10.8. The predicted molar refractivity (Wildman–Crippen MR) is 72.3 cm³/mol. The van der Waals surface area contributed by atoms with E-state index in [0.717, 1.165) is 5.92 Å². The van der Waals surface area contributed by atoms with Gasteiger partial charge in [-0.25, -0.2) is 0 Å². The van der Waals surface area contributed by atoms with Gasteiger partial charge in [-0.3, -0.25) is 0 Å². The van der Waals surface area contributed by atoms with Gasteiger partial charge in [0.05, 0.1) is 0 Å². The summed E-state index contributed by atoms with van der Waals surface area (Å²) in [6.07, 6.45) is 5.61. The molecule has 0 saturated carbocycles. The lowest BCUT2D eigenvalue weighted by Gasteiger charge is -2.31. The van der Waals surface area contributed by atoms with Crippen molar-refractivity contribution >= 4 is 12.4 Å². The topological polar surface area (TPSA) is 15.3 Å². The van der Waals surface area contributed by atoms with Gasteiger partial charge in [0.25, 0.3) is 0 Å². The summed E-state index contributed by atoms with van der Waals surface area (Å²) in [4.78, 5) is 2.70. The maximum Gasteiger partial charge on any atom is 0.00480 e. The molecule has 16 heavy (non-hydrogen) atoms. The van der Waals surface area contributed by atoms with Gasteiger partial charge in [0, 0.05) is 13.1 Å². The van der Waals surface area contributed by atoms with E-state index in [-0.39, 0.29) is 12.4 Å². The molecule has 0 aliphatic carbocycles. The monoisotopic (exact) mass is 246 g/mol. The average molecular weight is 247 g/mol. The van der Waals surface area contributed by atoms with Gasteiger partial charge in [-0.2, -0.15) is 0 Å². The minimum Gasteiger partial charge on any atom is -0.316 e. The lowest BCUT2D eigenvalue weighted by molar-refractivity contribution is 0.181. The Morgan fingerprint density at radius 1 is 1.31 bits per heavy atom. The van der Waals surface area contributed by atoms with Crippen molar-refractivity contribution in [1.29, 1.82) is 0 Å². The van der Waals surface area contributed by atoms with Gasteiger partial charge >= 0.3 is 0 Å². The zero-order chi connectivity index (χ0) is 10.7. The fourth-order valence-corrected chi connectivity index (χ4v) is 3.02. The van der Waals surface area contributed by atoms with E-state index in [4.69, 9.17) is 0 Å². The summed E-state index contributed by atoms with van der Waals surface area (Å²) < 4.78 is 0. The van der Waals surface area contributed by atoms with Gasteiger partial charge in [0.15, 0.2) is 0 Å². The van der Waals surface area contributed by atoms with Gasteiger partial charge < -0.3 is 10.2 Å². The first-order chi connectivity index (χ1) is 7.18. The summed E-state index contributed by atoms with van der Waals surface area (Å²) in [5, 5.41) is 3.50. The summed E-state index contributed by atoms with van der Waals surface area (Å²) in [6.45, 7) is 11.3. The SMILES string of the molecule is CC1CCCN(CC2(C)CCNC2)CC1.Cl. The molecule has 2 aliphatic rings. The maximum absolute atomic E-state index is 3.50. The Balaban J connectivity index is 0.00000128. The van der Waals surface area contributed by atoms with E-state index >= 15 is 0 Å². The molecule has 0 radical (unpaired) electrons. The van der Waals surface area contributed by atoms with Crippen LogP contribution in [0.25, 0.3) is 0 Å². The molecule has 2 nitrogen and oxygen atoms in total. The van der Waals surface area contributed by atoms with Crippen LogP contribution >= 0.6 is 12.4 Å². The quantitative estimate of drug-likeness (QED) is 0.806. The molecule has 0 bridgehead atoms. The Hall–Kier alpha value is 0.210. The fraction of sp³-hybridized carbons (Fsp3) is 1.00. The van der Waals surface area contributed by atoms with Crippen LogP contribution in [0.15, 0.2) is 0 Å². The largest absolute Gasteiger partial charge is 0.316 e. The Labute approximate surface area is 107 Å². The Morgan fingerprint density at radius 3 is 2.81 bits per heavy atom. The van der Waals surface area contributed by atoms with Crippen LogP contribution in [0.4, 0.5) is 0 Å². The van der Waals surface area contributed by atoms with E-state index in [1.807, 2.05) is 0 Å². The summed E-state index contributed by atoms with van der Waals surface area (Å²) in [5.74, 6) is 0.949. The molecule has 0 spiro atoms. The Bertz CT molecular complexity index is 202. The minimum absolute atomic E-state index is 0. The lowest BCUT2D eigenvalue weighted by atomic mass is 9.89. The van der Waals surface area contributed by atoms with Crippen molar-refractivity contribution in [2.24, 2.45) is 11.3 Å². The molecule has 2 unspecified atom stereocenters. The van der Waals surface area contributed by atoms with Crippen LogP contribution in [0.2, 0.25) is 0 Å². The van der Waals surface area contributed by atoms with Crippen molar-refractivity contribution in [2.75, 3.05) is 32.7 Å². The van der Waals surface area contributed by atoms with Crippen LogP contribution in [0.1, 0.15) is 39.5 Å². The molecule has 0 amide bonds. The van der Waals surface area contributed by atoms with Crippen molar-refractivity contribution in [2.45, 2.75) is 39.5 Å². The molecule has 2 atom stereocenters. The van der Waals surface area contributed by atoms with E-state index in [1.54, 1.807) is 0 Å². The minimum atomic E-state index is 0. The zero-order valence-corrected chi connectivity index (χ0v) is 11.6. The molecular formula is C13H27ClN2. The second kappa shape index (κ2) is 6.23. The van der Waals surface area contributed by atoms with Crippen molar-refractivity contribution < 1.29 is 0 Å². The fourth-order valence-electron chi connectivity index (χ4n) is 3.02. The van der Waals surface area contributed by atoms with Gasteiger partial charge in [-0.15, -0.1) is 12.4 Å². The van der Waals surface area contributed by atoms with Crippen molar-refractivity contribution in [1.82, 2.24) is 10.2 Å². The van der Waals surface area contributed by atoms with Crippen LogP contribution in [0.5, 0.6) is 0 Å². The number of likely N-dealkylation sites (tertiary alicyclic amines) is 1. The molecule has 2 rings (SSSR count). The molecule has 2 saturated heterocycles. The lowest BCUT2D eigenvalue weighted by Crippen LogP contribution is -2.38. The normalized spacial score (nSPS) is 36.8. The van der Waals surface area contributed by atoms with Crippen LogP contribution in [0.3, 0.4) is 0 Å². The summed E-state index contributed by atoms with van der Waals surface area (Å²) in [7, 11) is 0. The molecule has 3 heteroatoms. The van der Waals surface area contributed by atoms with E-state index in [1.165, 1.54) is 58.4 Å². The third-order valence-electron chi connectivity index (χ3n) is 4.17. The highest BCUT2D eigenvalue weighted by atomic mass is 35.5. The highest BCUT2D eigenvalue weighted by Crippen LogP contribution is 2.27. The average Bonchev–Trinajstić information content (AvgIpc) is 2.51. The molecule has 96 valence electrons. The van der Waals surface area contributed by atoms with Gasteiger partial charge in [-0.05, 0) is 56.7 Å². The van der Waals surface area contributed by atoms with Crippen LogP contribution in [0, 0.1) is 11.3 Å². The number of halogens is 1. The van der Waals surface area contributed by atoms with Crippen molar-refractivity contribution in [3.63, 3.8) is 0 Å². The number of nitrogens with one attached hydrogen (secondary N) is 1. The first kappa shape index (κ1) is 14.3. The Morgan fingerprint density at radius 2 is 2.12 bits per heavy atom. The van der Waals surface area contributed by atoms with Crippen LogP contribution in [-0.2, 0) is 0 Å². The first-order valence-corrected chi connectivity index (χ1v) is 6.61. The number of nitrogens with zero attached hydrogens (tertiary/aromatic N) is 1. The predicted octanol–water partition coefficient (Wildman–Crippen LogP) is 2.53. The third-order valence-corrected chi connectivity index (χ3v) is 4.17. The molecule has 2 fully saturated rings. The molecule has 1 N–H and O–H groups in total. The second-order valence-electron chi connectivity index (χ2n) is 6.05. The summed E-state index contributed by atoms with van der Waals surface area (Å²) >= 11 is 0. The van der Waals surface area contributed by atoms with Crippen molar-refractivity contribution in [3.8, 4) is 0 Å². The van der Waals surface area contributed by atoms with E-state index in [9.17, 15) is 0 Å². The van der Waals surface area contributed by atoms with Gasteiger partial charge in [-0.1, -0.05) is 13.8 Å². The van der Waals surface area contributed by atoms with E-state index in [0.29, 0.717) is 5.41 Å². The molecule has 2 heterocycles. The maximum atomic E-state index is 3.50. The summed E-state index contributed by atoms with van der Waals surface area (Å²) in [5.41, 5.74) is 0.549. The summed E-state index contributed by atoms with van der Waals surface area (Å²) in [6, 6.07) is 0. The molecule has 2 aliphatic heterocycles. The second-order valence-corrected chi connectivity index (χ2v) is 6.05. The highest BCUT2D eigenvalue weighted by Gasteiger charge is 2.30. The van der Waals surface area contributed by atoms with Gasteiger partial charge in [0.1, 0.15) is 0 Å². The Kier molecular flexibility index (Phi) is 5.55. The smallest absolute Gasteiger partial charge is 0.00480 e. The van der Waals surface area contributed by atoms with Crippen molar-refractivity contribution in [3.05, 3.63) is 0 Å². The number of hydrogen-bond donors (Lipinski definition) is 1. The van der Waals surface area contributed by atoms with Crippen LogP contribution < -0.4 is 5.32 Å².